The van der Waals surface area contributed by atoms with Crippen molar-refractivity contribution in [3.8, 4) is 17.0 Å². The van der Waals surface area contributed by atoms with E-state index >= 15 is 0 Å². The van der Waals surface area contributed by atoms with Gasteiger partial charge in [-0.3, -0.25) is 4.98 Å². The molecular weight excluding hydrogens is 284 g/mol. The summed E-state index contributed by atoms with van der Waals surface area (Å²) < 4.78 is 5.45. The molecule has 0 saturated carbocycles. The van der Waals surface area contributed by atoms with Crippen LogP contribution in [0, 0.1) is 0 Å². The molecule has 23 heavy (non-hydrogen) atoms. The van der Waals surface area contributed by atoms with Gasteiger partial charge in [0.25, 0.3) is 0 Å². The Morgan fingerprint density at radius 2 is 1.74 bits per heavy atom. The summed E-state index contributed by atoms with van der Waals surface area (Å²) in [5.41, 5.74) is 10.6. The molecule has 0 unspecified atom stereocenters. The minimum absolute atomic E-state index is 0.760. The van der Waals surface area contributed by atoms with Gasteiger partial charge in [0.05, 0.1) is 12.8 Å². The van der Waals surface area contributed by atoms with Gasteiger partial charge in [-0.25, -0.2) is 0 Å². The first kappa shape index (κ1) is 14.9. The van der Waals surface area contributed by atoms with Gasteiger partial charge in [-0.1, -0.05) is 36.4 Å². The van der Waals surface area contributed by atoms with Gasteiger partial charge < -0.3 is 10.5 Å². The highest BCUT2D eigenvalue weighted by molar-refractivity contribution is 5.76. The summed E-state index contributed by atoms with van der Waals surface area (Å²) in [4.78, 5) is 4.41. The molecule has 0 atom stereocenters. The minimum Gasteiger partial charge on any atom is -0.496 e. The van der Waals surface area contributed by atoms with Crippen molar-refractivity contribution in [2.75, 3.05) is 12.8 Å². The SMILES string of the molecule is COc1ccc(/C=C/c2cccc(N)c2)cc1-c1ccccn1. The van der Waals surface area contributed by atoms with E-state index in [1.54, 1.807) is 13.3 Å². The molecule has 0 bridgehead atoms. The Bertz CT molecular complexity index is 826. The van der Waals surface area contributed by atoms with E-state index in [9.17, 15) is 0 Å². The maximum atomic E-state index is 5.81. The lowest BCUT2D eigenvalue weighted by atomic mass is 10.0. The van der Waals surface area contributed by atoms with Crippen LogP contribution in [0.15, 0.2) is 66.9 Å². The summed E-state index contributed by atoms with van der Waals surface area (Å²) in [5.74, 6) is 0.810. The Morgan fingerprint density at radius 1 is 0.913 bits per heavy atom. The van der Waals surface area contributed by atoms with E-state index in [-0.39, 0.29) is 0 Å². The molecule has 0 fully saturated rings. The van der Waals surface area contributed by atoms with E-state index in [4.69, 9.17) is 10.5 Å². The molecule has 2 aromatic carbocycles. The normalized spacial score (nSPS) is 10.8. The molecule has 0 aliphatic heterocycles. The Labute approximate surface area is 136 Å². The van der Waals surface area contributed by atoms with Crippen molar-refractivity contribution >= 4 is 17.8 Å². The fourth-order valence-electron chi connectivity index (χ4n) is 2.41. The van der Waals surface area contributed by atoms with Crippen molar-refractivity contribution < 1.29 is 4.74 Å². The number of pyridine rings is 1. The molecule has 114 valence electrons. The Morgan fingerprint density at radius 3 is 2.43 bits per heavy atom. The number of methoxy groups -OCH3 is 1. The van der Waals surface area contributed by atoms with Crippen molar-refractivity contribution in [2.24, 2.45) is 0 Å². The number of nitrogens with zero attached hydrogens (tertiary/aromatic N) is 1. The van der Waals surface area contributed by atoms with Crippen LogP contribution in [-0.2, 0) is 0 Å². The average Bonchev–Trinajstić information content (AvgIpc) is 2.60. The maximum Gasteiger partial charge on any atom is 0.128 e. The van der Waals surface area contributed by atoms with Crippen LogP contribution in [-0.4, -0.2) is 12.1 Å². The molecule has 0 radical (unpaired) electrons. The highest BCUT2D eigenvalue weighted by atomic mass is 16.5. The molecule has 3 heteroatoms. The van der Waals surface area contributed by atoms with Crippen LogP contribution >= 0.6 is 0 Å². The standard InChI is InChI=1S/C20H18N2O/c1-23-20-11-10-16(9-8-15-5-4-6-17(21)13-15)14-18(20)19-7-2-3-12-22-19/h2-14H,21H2,1H3/b9-8+. The van der Waals surface area contributed by atoms with Crippen LogP contribution < -0.4 is 10.5 Å². The number of nitrogen functional groups attached to an aromatic ring is 1. The topological polar surface area (TPSA) is 48.1 Å². The zero-order chi connectivity index (χ0) is 16.1. The summed E-state index contributed by atoms with van der Waals surface area (Å²) in [6, 6.07) is 19.7. The Hall–Kier alpha value is -3.07. The van der Waals surface area contributed by atoms with Gasteiger partial charge in [0.2, 0.25) is 0 Å². The van der Waals surface area contributed by atoms with E-state index < -0.39 is 0 Å². The van der Waals surface area contributed by atoms with Gasteiger partial charge >= 0.3 is 0 Å². The molecule has 0 saturated heterocycles. The maximum absolute atomic E-state index is 5.81. The van der Waals surface area contributed by atoms with E-state index in [0.717, 1.165) is 33.8 Å². The third-order valence-electron chi connectivity index (χ3n) is 3.54. The third kappa shape index (κ3) is 3.58. The molecule has 3 nitrogen and oxygen atoms in total. The summed E-state index contributed by atoms with van der Waals surface area (Å²) in [6.45, 7) is 0. The van der Waals surface area contributed by atoms with Gasteiger partial charge in [0.15, 0.2) is 0 Å². The van der Waals surface area contributed by atoms with E-state index in [1.165, 1.54) is 0 Å². The summed E-state index contributed by atoms with van der Waals surface area (Å²) >= 11 is 0. The van der Waals surface area contributed by atoms with Crippen LogP contribution in [0.5, 0.6) is 5.75 Å². The molecule has 0 aliphatic rings. The second kappa shape index (κ2) is 6.79. The lowest BCUT2D eigenvalue weighted by Crippen LogP contribution is -1.90. The fraction of sp³-hybridized carbons (Fsp3) is 0.0500. The molecule has 3 rings (SSSR count). The first-order valence-electron chi connectivity index (χ1n) is 7.39. The number of rotatable bonds is 4. The summed E-state index contributed by atoms with van der Waals surface area (Å²) in [5, 5.41) is 0. The first-order chi connectivity index (χ1) is 11.3. The predicted octanol–water partition coefficient (Wildman–Crippen LogP) is 4.51. The smallest absolute Gasteiger partial charge is 0.128 e. The monoisotopic (exact) mass is 302 g/mol. The van der Waals surface area contributed by atoms with Crippen molar-refractivity contribution in [2.45, 2.75) is 0 Å². The van der Waals surface area contributed by atoms with Crippen LogP contribution in [0.4, 0.5) is 5.69 Å². The van der Waals surface area contributed by atoms with Crippen LogP contribution in [0.25, 0.3) is 23.4 Å². The van der Waals surface area contributed by atoms with E-state index in [0.29, 0.717) is 0 Å². The van der Waals surface area contributed by atoms with Crippen molar-refractivity contribution in [3.63, 3.8) is 0 Å². The van der Waals surface area contributed by atoms with Crippen LogP contribution in [0.3, 0.4) is 0 Å². The zero-order valence-corrected chi connectivity index (χ0v) is 12.9. The van der Waals surface area contributed by atoms with Crippen molar-refractivity contribution in [1.82, 2.24) is 4.98 Å². The Kier molecular flexibility index (Phi) is 4.39. The quantitative estimate of drug-likeness (QED) is 0.570. The predicted molar refractivity (Wildman–Crippen MR) is 96.0 cm³/mol. The summed E-state index contributed by atoms with van der Waals surface area (Å²) in [7, 11) is 1.67. The highest BCUT2D eigenvalue weighted by Crippen LogP contribution is 2.30. The lowest BCUT2D eigenvalue weighted by Gasteiger charge is -2.09. The largest absolute Gasteiger partial charge is 0.496 e. The molecule has 0 amide bonds. The van der Waals surface area contributed by atoms with Gasteiger partial charge in [-0.05, 0) is 47.5 Å². The number of anilines is 1. The molecule has 2 N–H and O–H groups in total. The number of nitrogens with two attached hydrogens (primary N) is 1. The van der Waals surface area contributed by atoms with Gasteiger partial charge in [-0.2, -0.15) is 0 Å². The lowest BCUT2D eigenvalue weighted by molar-refractivity contribution is 0.416. The van der Waals surface area contributed by atoms with Crippen LogP contribution in [0.2, 0.25) is 0 Å². The fourth-order valence-corrected chi connectivity index (χ4v) is 2.41. The second-order valence-electron chi connectivity index (χ2n) is 5.18. The molecule has 3 aromatic rings. The van der Waals surface area contributed by atoms with E-state index in [1.807, 2.05) is 60.7 Å². The number of ether oxygens (including phenoxy) is 1. The van der Waals surface area contributed by atoms with Gasteiger partial charge in [-0.15, -0.1) is 0 Å². The number of hydrogen-bond acceptors (Lipinski definition) is 3. The minimum atomic E-state index is 0.760. The van der Waals surface area contributed by atoms with E-state index in [2.05, 4.69) is 17.1 Å². The van der Waals surface area contributed by atoms with Crippen LogP contribution in [0.1, 0.15) is 11.1 Å². The highest BCUT2D eigenvalue weighted by Gasteiger charge is 2.07. The molecule has 0 spiro atoms. The number of benzene rings is 2. The second-order valence-corrected chi connectivity index (χ2v) is 5.18. The average molecular weight is 302 g/mol. The van der Waals surface area contributed by atoms with Gasteiger partial charge in [0.1, 0.15) is 5.75 Å². The molecule has 1 aromatic heterocycles. The van der Waals surface area contributed by atoms with Gasteiger partial charge in [0, 0.05) is 17.4 Å². The van der Waals surface area contributed by atoms with Crippen molar-refractivity contribution in [3.05, 3.63) is 78.0 Å². The third-order valence-corrected chi connectivity index (χ3v) is 3.54. The summed E-state index contributed by atoms with van der Waals surface area (Å²) in [6.07, 6.45) is 5.88. The number of hydrogen-bond donors (Lipinski definition) is 1. The molecular formula is C20H18N2O. The first-order valence-corrected chi connectivity index (χ1v) is 7.39. The van der Waals surface area contributed by atoms with Crippen molar-refractivity contribution in [1.29, 1.82) is 0 Å². The zero-order valence-electron chi connectivity index (χ0n) is 12.9. The Balaban J connectivity index is 1.95. The number of aromatic nitrogens is 1. The molecule has 1 heterocycles. The molecule has 0 aliphatic carbocycles.